The highest BCUT2D eigenvalue weighted by molar-refractivity contribution is 5.89. The van der Waals surface area contributed by atoms with Gasteiger partial charge in [-0.25, -0.2) is 4.98 Å². The minimum absolute atomic E-state index is 0.225. The summed E-state index contributed by atoms with van der Waals surface area (Å²) in [5, 5.41) is 9.59. The molecule has 3 rings (SSSR count). The molecule has 0 saturated carbocycles. The van der Waals surface area contributed by atoms with Gasteiger partial charge >= 0.3 is 12.1 Å². The van der Waals surface area contributed by atoms with E-state index in [0.29, 0.717) is 16.8 Å². The summed E-state index contributed by atoms with van der Waals surface area (Å²) in [6.45, 7) is -0.644. The van der Waals surface area contributed by atoms with Gasteiger partial charge in [0, 0.05) is 19.3 Å². The van der Waals surface area contributed by atoms with Gasteiger partial charge in [-0.3, -0.25) is 4.79 Å². The van der Waals surface area contributed by atoms with E-state index in [4.69, 9.17) is 9.52 Å². The number of nitrogens with zero attached hydrogens (tertiary/aromatic N) is 2. The van der Waals surface area contributed by atoms with Crippen LogP contribution in [0, 0.1) is 11.8 Å². The number of alkyl halides is 3. The number of halogens is 3. The molecule has 3 heterocycles. The molecule has 5 nitrogen and oxygen atoms in total. The number of anilines is 1. The quantitative estimate of drug-likeness (QED) is 0.923. The van der Waals surface area contributed by atoms with E-state index in [0.717, 1.165) is 0 Å². The van der Waals surface area contributed by atoms with Gasteiger partial charge in [0.15, 0.2) is 0 Å². The van der Waals surface area contributed by atoms with E-state index in [-0.39, 0.29) is 6.54 Å². The van der Waals surface area contributed by atoms with Crippen molar-refractivity contribution in [3.63, 3.8) is 0 Å². The SMILES string of the molecule is O=C(O)[C@@H]1CN(c2nccc3occc23)C[C@H]1C(F)(F)F. The molecule has 0 spiro atoms. The highest BCUT2D eigenvalue weighted by atomic mass is 19.4. The number of hydrogen-bond acceptors (Lipinski definition) is 4. The Morgan fingerprint density at radius 3 is 2.76 bits per heavy atom. The average Bonchev–Trinajstić information content (AvgIpc) is 3.04. The third-order valence-electron chi connectivity index (χ3n) is 3.72. The molecule has 8 heteroatoms. The fourth-order valence-corrected chi connectivity index (χ4v) is 2.69. The maximum Gasteiger partial charge on any atom is 0.394 e. The Bertz CT molecular complexity index is 683. The zero-order valence-electron chi connectivity index (χ0n) is 10.7. The van der Waals surface area contributed by atoms with Crippen molar-refractivity contribution >= 4 is 22.8 Å². The molecule has 0 unspecified atom stereocenters. The third-order valence-corrected chi connectivity index (χ3v) is 3.72. The lowest BCUT2D eigenvalue weighted by Crippen LogP contribution is -2.33. The van der Waals surface area contributed by atoms with Crippen molar-refractivity contribution in [3.05, 3.63) is 24.6 Å². The lowest BCUT2D eigenvalue weighted by atomic mass is 9.96. The minimum atomic E-state index is -4.55. The maximum atomic E-state index is 13.0. The summed E-state index contributed by atoms with van der Waals surface area (Å²) in [7, 11) is 0. The van der Waals surface area contributed by atoms with Crippen LogP contribution in [0.4, 0.5) is 19.0 Å². The smallest absolute Gasteiger partial charge is 0.394 e. The van der Waals surface area contributed by atoms with Crippen LogP contribution in [0.2, 0.25) is 0 Å². The first-order valence-electron chi connectivity index (χ1n) is 6.24. The van der Waals surface area contributed by atoms with E-state index in [9.17, 15) is 18.0 Å². The first-order chi connectivity index (χ1) is 9.88. The van der Waals surface area contributed by atoms with Crippen LogP contribution in [-0.2, 0) is 4.79 Å². The average molecular weight is 300 g/mol. The van der Waals surface area contributed by atoms with Gasteiger partial charge < -0.3 is 14.4 Å². The Balaban J connectivity index is 1.98. The fourth-order valence-electron chi connectivity index (χ4n) is 2.69. The normalized spacial score (nSPS) is 22.9. The summed E-state index contributed by atoms with van der Waals surface area (Å²) in [6, 6.07) is 3.21. The molecule has 1 fully saturated rings. The van der Waals surface area contributed by atoms with Gasteiger partial charge in [-0.05, 0) is 12.1 Å². The minimum Gasteiger partial charge on any atom is -0.481 e. The first-order valence-corrected chi connectivity index (χ1v) is 6.24. The molecule has 0 amide bonds. The predicted molar refractivity (Wildman–Crippen MR) is 66.9 cm³/mol. The van der Waals surface area contributed by atoms with Crippen LogP contribution in [0.15, 0.2) is 29.0 Å². The number of carbonyl (C=O) groups is 1. The van der Waals surface area contributed by atoms with E-state index < -0.39 is 30.5 Å². The van der Waals surface area contributed by atoms with E-state index in [1.165, 1.54) is 17.4 Å². The van der Waals surface area contributed by atoms with Crippen molar-refractivity contribution in [3.8, 4) is 0 Å². The number of carboxylic acid groups (broad SMARTS) is 1. The number of rotatable bonds is 2. The van der Waals surface area contributed by atoms with Crippen LogP contribution in [0.25, 0.3) is 11.0 Å². The van der Waals surface area contributed by atoms with Gasteiger partial charge in [0.25, 0.3) is 0 Å². The molecule has 1 aliphatic heterocycles. The predicted octanol–water partition coefficient (Wildman–Crippen LogP) is 2.53. The molecule has 1 aliphatic rings. The molecule has 1 saturated heterocycles. The second kappa shape index (κ2) is 4.64. The van der Waals surface area contributed by atoms with Gasteiger partial charge in [0.2, 0.25) is 0 Å². The van der Waals surface area contributed by atoms with E-state index >= 15 is 0 Å². The first kappa shape index (κ1) is 13.7. The number of aromatic nitrogens is 1. The van der Waals surface area contributed by atoms with Crippen molar-refractivity contribution in [2.45, 2.75) is 6.18 Å². The Morgan fingerprint density at radius 2 is 2.14 bits per heavy atom. The van der Waals surface area contributed by atoms with Gasteiger partial charge in [0.1, 0.15) is 11.4 Å². The summed E-state index contributed by atoms with van der Waals surface area (Å²) in [4.78, 5) is 16.5. The van der Waals surface area contributed by atoms with E-state index in [1.54, 1.807) is 12.1 Å². The summed E-state index contributed by atoms with van der Waals surface area (Å²) in [5.41, 5.74) is 0.502. The number of furan rings is 1. The second-order valence-corrected chi connectivity index (χ2v) is 4.96. The lowest BCUT2D eigenvalue weighted by molar-refractivity contribution is -0.187. The molecule has 0 aliphatic carbocycles. The molecule has 2 aromatic rings. The monoisotopic (exact) mass is 300 g/mol. The third kappa shape index (κ3) is 2.30. The molecule has 21 heavy (non-hydrogen) atoms. The molecule has 1 N–H and O–H groups in total. The van der Waals surface area contributed by atoms with Crippen molar-refractivity contribution in [1.82, 2.24) is 4.98 Å². The fraction of sp³-hybridized carbons (Fsp3) is 0.385. The van der Waals surface area contributed by atoms with Crippen LogP contribution < -0.4 is 4.90 Å². The van der Waals surface area contributed by atoms with Gasteiger partial charge in [-0.2, -0.15) is 13.2 Å². The van der Waals surface area contributed by atoms with Crippen molar-refractivity contribution in [2.75, 3.05) is 18.0 Å². The summed E-state index contributed by atoms with van der Waals surface area (Å²) in [5.74, 6) is -4.52. The second-order valence-electron chi connectivity index (χ2n) is 4.96. The summed E-state index contributed by atoms with van der Waals surface area (Å²) >= 11 is 0. The van der Waals surface area contributed by atoms with Crippen LogP contribution >= 0.6 is 0 Å². The largest absolute Gasteiger partial charge is 0.481 e. The number of aliphatic carboxylic acids is 1. The molecular formula is C13H11F3N2O3. The lowest BCUT2D eigenvalue weighted by Gasteiger charge is -2.19. The number of fused-ring (bicyclic) bond motifs is 1. The summed E-state index contributed by atoms with van der Waals surface area (Å²) < 4.78 is 44.1. The molecule has 0 aromatic carbocycles. The standard InChI is InChI=1S/C13H11F3N2O3/c14-13(15,16)9-6-18(5-8(9)12(19)20)11-7-2-4-21-10(7)1-3-17-11/h1-4,8-9H,5-6H2,(H,19,20)/t8-,9-/m1/s1. The topological polar surface area (TPSA) is 66.6 Å². The van der Waals surface area contributed by atoms with Crippen LogP contribution in [-0.4, -0.2) is 35.3 Å². The van der Waals surface area contributed by atoms with Crippen molar-refractivity contribution in [1.29, 1.82) is 0 Å². The summed E-state index contributed by atoms with van der Waals surface area (Å²) in [6.07, 6.45) is -1.71. The van der Waals surface area contributed by atoms with Gasteiger partial charge in [0.05, 0.1) is 23.5 Å². The van der Waals surface area contributed by atoms with Crippen LogP contribution in [0.1, 0.15) is 0 Å². The van der Waals surface area contributed by atoms with Gasteiger partial charge in [-0.1, -0.05) is 0 Å². The Hall–Kier alpha value is -2.25. The Labute approximate surface area is 117 Å². The molecule has 2 atom stereocenters. The molecule has 112 valence electrons. The molecular weight excluding hydrogens is 289 g/mol. The number of hydrogen-bond donors (Lipinski definition) is 1. The van der Waals surface area contributed by atoms with Crippen LogP contribution in [0.3, 0.4) is 0 Å². The Morgan fingerprint density at radius 1 is 1.38 bits per heavy atom. The highest BCUT2D eigenvalue weighted by Gasteiger charge is 2.53. The number of carboxylic acids is 1. The van der Waals surface area contributed by atoms with E-state index in [2.05, 4.69) is 4.98 Å². The van der Waals surface area contributed by atoms with Crippen molar-refractivity contribution < 1.29 is 27.5 Å². The zero-order valence-corrected chi connectivity index (χ0v) is 10.7. The van der Waals surface area contributed by atoms with Gasteiger partial charge in [-0.15, -0.1) is 0 Å². The maximum absolute atomic E-state index is 13.0. The molecule has 2 aromatic heterocycles. The number of pyridine rings is 1. The van der Waals surface area contributed by atoms with Crippen LogP contribution in [0.5, 0.6) is 0 Å². The van der Waals surface area contributed by atoms with Crippen molar-refractivity contribution in [2.24, 2.45) is 11.8 Å². The Kier molecular flexibility index (Phi) is 3.03. The van der Waals surface area contributed by atoms with E-state index in [1.807, 2.05) is 0 Å². The molecule has 0 radical (unpaired) electrons. The highest BCUT2D eigenvalue weighted by Crippen LogP contribution is 2.40. The molecule has 0 bridgehead atoms. The zero-order chi connectivity index (χ0) is 15.2.